The van der Waals surface area contributed by atoms with Gasteiger partial charge >= 0.3 is 0 Å². The molecule has 0 aliphatic carbocycles. The number of hydrogen-bond donors (Lipinski definition) is 1. The van der Waals surface area contributed by atoms with Crippen molar-refractivity contribution in [2.75, 3.05) is 5.32 Å². The van der Waals surface area contributed by atoms with Crippen molar-refractivity contribution in [2.24, 2.45) is 0 Å². The summed E-state index contributed by atoms with van der Waals surface area (Å²) in [7, 11) is 0. The fourth-order valence-corrected chi connectivity index (χ4v) is 1.87. The lowest BCUT2D eigenvalue weighted by Crippen LogP contribution is -2.09. The van der Waals surface area contributed by atoms with Gasteiger partial charge in [0.1, 0.15) is 0 Å². The molecule has 1 atom stereocenters. The molecule has 3 rings (SSSR count). The van der Waals surface area contributed by atoms with Crippen LogP contribution >= 0.6 is 0 Å². The second-order valence-electron chi connectivity index (χ2n) is 4.35. The van der Waals surface area contributed by atoms with Gasteiger partial charge in [0.15, 0.2) is 5.82 Å². The van der Waals surface area contributed by atoms with Crippen LogP contribution in [-0.2, 0) is 0 Å². The third-order valence-electron chi connectivity index (χ3n) is 2.90. The maximum absolute atomic E-state index is 4.37. The smallest absolute Gasteiger partial charge is 0.153 e. The van der Waals surface area contributed by atoms with Gasteiger partial charge in [0.05, 0.1) is 29.8 Å². The first-order valence-electron chi connectivity index (χ1n) is 6.31. The van der Waals surface area contributed by atoms with Gasteiger partial charge in [-0.2, -0.15) is 5.10 Å². The van der Waals surface area contributed by atoms with Crippen LogP contribution in [0.5, 0.6) is 0 Å². The zero-order chi connectivity index (χ0) is 13.8. The van der Waals surface area contributed by atoms with Gasteiger partial charge in [-0.15, -0.1) is 0 Å². The quantitative estimate of drug-likeness (QED) is 0.784. The zero-order valence-electron chi connectivity index (χ0n) is 11.0. The summed E-state index contributed by atoms with van der Waals surface area (Å²) >= 11 is 0. The third-order valence-corrected chi connectivity index (χ3v) is 2.90. The molecule has 3 heterocycles. The SMILES string of the molecule is CC(Nc1ccc(-n2cccn2)nc1)c1cnccn1. The molecular formula is C14H14N6. The lowest BCUT2D eigenvalue weighted by atomic mass is 10.2. The minimum Gasteiger partial charge on any atom is -0.376 e. The van der Waals surface area contributed by atoms with E-state index in [0.717, 1.165) is 17.2 Å². The average molecular weight is 266 g/mol. The fraction of sp³-hybridized carbons (Fsp3) is 0.143. The van der Waals surface area contributed by atoms with E-state index in [4.69, 9.17) is 0 Å². The Hall–Kier alpha value is -2.76. The summed E-state index contributed by atoms with van der Waals surface area (Å²) in [5, 5.41) is 7.48. The van der Waals surface area contributed by atoms with Gasteiger partial charge in [-0.1, -0.05) is 0 Å². The third kappa shape index (κ3) is 2.64. The van der Waals surface area contributed by atoms with Crippen LogP contribution in [0.3, 0.4) is 0 Å². The van der Waals surface area contributed by atoms with E-state index in [0.29, 0.717) is 0 Å². The average Bonchev–Trinajstić information content (AvgIpc) is 3.03. The van der Waals surface area contributed by atoms with Gasteiger partial charge in [0.25, 0.3) is 0 Å². The number of nitrogens with zero attached hydrogens (tertiary/aromatic N) is 5. The number of anilines is 1. The second kappa shape index (κ2) is 5.48. The lowest BCUT2D eigenvalue weighted by molar-refractivity contribution is 0.821. The van der Waals surface area contributed by atoms with Crippen LogP contribution in [0.2, 0.25) is 0 Å². The second-order valence-corrected chi connectivity index (χ2v) is 4.35. The molecular weight excluding hydrogens is 252 g/mol. The first-order chi connectivity index (χ1) is 9.83. The van der Waals surface area contributed by atoms with E-state index in [9.17, 15) is 0 Å². The Kier molecular flexibility index (Phi) is 3.36. The van der Waals surface area contributed by atoms with Crippen LogP contribution in [0, 0.1) is 0 Å². The van der Waals surface area contributed by atoms with Crippen LogP contribution in [0.15, 0.2) is 55.4 Å². The standard InChI is InChI=1S/C14H14N6/c1-11(13-10-15-6-7-16-13)19-12-3-4-14(17-9-12)20-8-2-5-18-20/h2-11,19H,1H3. The molecule has 0 radical (unpaired) electrons. The summed E-state index contributed by atoms with van der Waals surface area (Å²) in [6.45, 7) is 2.03. The van der Waals surface area contributed by atoms with Crippen molar-refractivity contribution in [2.45, 2.75) is 13.0 Å². The molecule has 0 spiro atoms. The molecule has 0 aliphatic heterocycles. The van der Waals surface area contributed by atoms with Crippen molar-refractivity contribution in [3.05, 3.63) is 61.1 Å². The molecule has 100 valence electrons. The first-order valence-corrected chi connectivity index (χ1v) is 6.31. The predicted molar refractivity (Wildman–Crippen MR) is 75.4 cm³/mol. The van der Waals surface area contributed by atoms with Crippen molar-refractivity contribution in [1.29, 1.82) is 0 Å². The highest BCUT2D eigenvalue weighted by Gasteiger charge is 2.07. The van der Waals surface area contributed by atoms with E-state index in [1.165, 1.54) is 0 Å². The maximum atomic E-state index is 4.37. The van der Waals surface area contributed by atoms with Crippen LogP contribution < -0.4 is 5.32 Å². The number of nitrogens with one attached hydrogen (secondary N) is 1. The van der Waals surface area contributed by atoms with Crippen molar-refractivity contribution < 1.29 is 0 Å². The topological polar surface area (TPSA) is 68.5 Å². The van der Waals surface area contributed by atoms with Gasteiger partial charge in [0.2, 0.25) is 0 Å². The summed E-state index contributed by atoms with van der Waals surface area (Å²) < 4.78 is 1.72. The minimum absolute atomic E-state index is 0.0704. The molecule has 3 aromatic rings. The zero-order valence-corrected chi connectivity index (χ0v) is 11.0. The first kappa shape index (κ1) is 12.3. The highest BCUT2D eigenvalue weighted by atomic mass is 15.3. The van der Waals surface area contributed by atoms with Crippen LogP contribution in [-0.4, -0.2) is 24.7 Å². The van der Waals surface area contributed by atoms with Gasteiger partial charge < -0.3 is 5.32 Å². The lowest BCUT2D eigenvalue weighted by Gasteiger charge is -2.14. The van der Waals surface area contributed by atoms with Crippen LogP contribution in [0.1, 0.15) is 18.7 Å². The summed E-state index contributed by atoms with van der Waals surface area (Å²) in [6, 6.07) is 5.82. The molecule has 6 heteroatoms. The molecule has 20 heavy (non-hydrogen) atoms. The van der Waals surface area contributed by atoms with Crippen molar-refractivity contribution >= 4 is 5.69 Å². The Morgan fingerprint density at radius 3 is 2.70 bits per heavy atom. The van der Waals surface area contributed by atoms with E-state index in [1.807, 2.05) is 31.3 Å². The predicted octanol–water partition coefficient (Wildman–Crippen LogP) is 2.23. The van der Waals surface area contributed by atoms with Crippen LogP contribution in [0.4, 0.5) is 5.69 Å². The van der Waals surface area contributed by atoms with Crippen LogP contribution in [0.25, 0.3) is 5.82 Å². The molecule has 0 aromatic carbocycles. The number of pyridine rings is 1. The number of aromatic nitrogens is 5. The highest BCUT2D eigenvalue weighted by Crippen LogP contribution is 2.16. The molecule has 0 saturated heterocycles. The normalized spacial score (nSPS) is 12.1. The van der Waals surface area contributed by atoms with Crippen molar-refractivity contribution in [3.63, 3.8) is 0 Å². The van der Waals surface area contributed by atoms with Gasteiger partial charge in [-0.25, -0.2) is 9.67 Å². The van der Waals surface area contributed by atoms with E-state index in [1.54, 1.807) is 35.7 Å². The largest absolute Gasteiger partial charge is 0.376 e. The monoisotopic (exact) mass is 266 g/mol. The molecule has 0 fully saturated rings. The molecule has 1 N–H and O–H groups in total. The molecule has 0 saturated carbocycles. The van der Waals surface area contributed by atoms with Gasteiger partial charge in [-0.3, -0.25) is 9.97 Å². The molecule has 3 aromatic heterocycles. The maximum Gasteiger partial charge on any atom is 0.153 e. The van der Waals surface area contributed by atoms with E-state index < -0.39 is 0 Å². The summed E-state index contributed by atoms with van der Waals surface area (Å²) in [5.41, 5.74) is 1.82. The molecule has 0 aliphatic rings. The summed E-state index contributed by atoms with van der Waals surface area (Å²) in [6.07, 6.45) is 10.5. The fourth-order valence-electron chi connectivity index (χ4n) is 1.87. The van der Waals surface area contributed by atoms with Crippen molar-refractivity contribution in [1.82, 2.24) is 24.7 Å². The van der Waals surface area contributed by atoms with Crippen molar-refractivity contribution in [3.8, 4) is 5.82 Å². The Bertz CT molecular complexity index is 648. The molecule has 1 unspecified atom stereocenters. The van der Waals surface area contributed by atoms with E-state index in [2.05, 4.69) is 25.4 Å². The Labute approximate surface area is 116 Å². The number of hydrogen-bond acceptors (Lipinski definition) is 5. The summed E-state index contributed by atoms with van der Waals surface area (Å²) in [4.78, 5) is 12.7. The van der Waals surface area contributed by atoms with E-state index in [-0.39, 0.29) is 6.04 Å². The molecule has 0 amide bonds. The Morgan fingerprint density at radius 2 is 2.05 bits per heavy atom. The van der Waals surface area contributed by atoms with Gasteiger partial charge in [-0.05, 0) is 25.1 Å². The van der Waals surface area contributed by atoms with E-state index >= 15 is 0 Å². The highest BCUT2D eigenvalue weighted by molar-refractivity contribution is 5.44. The molecule has 6 nitrogen and oxygen atoms in total. The molecule has 0 bridgehead atoms. The van der Waals surface area contributed by atoms with Gasteiger partial charge in [0, 0.05) is 24.8 Å². The minimum atomic E-state index is 0.0704. The number of rotatable bonds is 4. The summed E-state index contributed by atoms with van der Waals surface area (Å²) in [5.74, 6) is 0.785. The Morgan fingerprint density at radius 1 is 1.10 bits per heavy atom. The Balaban J connectivity index is 1.72.